The molecule has 0 aliphatic carbocycles. The summed E-state index contributed by atoms with van der Waals surface area (Å²) in [6.45, 7) is 0. The van der Waals surface area contributed by atoms with E-state index >= 15 is 0 Å². The van der Waals surface area contributed by atoms with Gasteiger partial charge in [-0.05, 0) is 6.07 Å². The second-order valence-electron chi connectivity index (χ2n) is 3.90. The highest BCUT2D eigenvalue weighted by atomic mass is 32.1. The van der Waals surface area contributed by atoms with Crippen LogP contribution < -0.4 is 0 Å². The summed E-state index contributed by atoms with van der Waals surface area (Å²) in [4.78, 5) is 7.95. The van der Waals surface area contributed by atoms with Crippen molar-refractivity contribution < 1.29 is 13.2 Å². The van der Waals surface area contributed by atoms with E-state index in [1.807, 2.05) is 0 Å². The third-order valence-electron chi connectivity index (χ3n) is 2.62. The van der Waals surface area contributed by atoms with Crippen LogP contribution in [0.15, 0.2) is 42.3 Å². The van der Waals surface area contributed by atoms with Gasteiger partial charge in [0, 0.05) is 10.9 Å². The second kappa shape index (κ2) is 4.71. The Hall–Kier alpha value is -2.22. The SMILES string of the molecule is FC(F)(F)c1ccccc1-c1csc(-n2cncn2)n1. The van der Waals surface area contributed by atoms with E-state index in [9.17, 15) is 13.2 Å². The van der Waals surface area contributed by atoms with Gasteiger partial charge in [0.05, 0.1) is 11.3 Å². The summed E-state index contributed by atoms with van der Waals surface area (Å²) in [5.74, 6) is 0. The van der Waals surface area contributed by atoms with E-state index in [4.69, 9.17) is 0 Å². The Bertz CT molecular complexity index is 718. The molecule has 0 bridgehead atoms. The molecule has 20 heavy (non-hydrogen) atoms. The molecule has 3 aromatic rings. The molecule has 0 aliphatic rings. The fourth-order valence-electron chi connectivity index (χ4n) is 1.75. The molecular formula is C12H7F3N4S. The maximum Gasteiger partial charge on any atom is 0.417 e. The van der Waals surface area contributed by atoms with Crippen molar-refractivity contribution in [2.75, 3.05) is 0 Å². The average Bonchev–Trinajstić information content (AvgIpc) is 3.09. The summed E-state index contributed by atoms with van der Waals surface area (Å²) in [7, 11) is 0. The third-order valence-corrected chi connectivity index (χ3v) is 3.45. The highest BCUT2D eigenvalue weighted by Crippen LogP contribution is 2.37. The molecule has 4 nitrogen and oxygen atoms in total. The fraction of sp³-hybridized carbons (Fsp3) is 0.0833. The van der Waals surface area contributed by atoms with Gasteiger partial charge in [-0.25, -0.2) is 9.97 Å². The van der Waals surface area contributed by atoms with E-state index < -0.39 is 11.7 Å². The lowest BCUT2D eigenvalue weighted by Gasteiger charge is -2.10. The summed E-state index contributed by atoms with van der Waals surface area (Å²) in [5, 5.41) is 5.93. The molecule has 0 atom stereocenters. The molecule has 0 unspecified atom stereocenters. The van der Waals surface area contributed by atoms with Crippen molar-refractivity contribution in [2.24, 2.45) is 0 Å². The normalized spacial score (nSPS) is 11.8. The van der Waals surface area contributed by atoms with Crippen LogP contribution >= 0.6 is 11.3 Å². The zero-order valence-corrected chi connectivity index (χ0v) is 10.7. The van der Waals surface area contributed by atoms with Crippen molar-refractivity contribution >= 4 is 11.3 Å². The van der Waals surface area contributed by atoms with Gasteiger partial charge in [-0.3, -0.25) is 0 Å². The minimum absolute atomic E-state index is 0.0580. The molecule has 2 aromatic heterocycles. The first-order valence-electron chi connectivity index (χ1n) is 5.53. The van der Waals surface area contributed by atoms with Crippen LogP contribution in [0.2, 0.25) is 0 Å². The lowest BCUT2D eigenvalue weighted by atomic mass is 10.1. The number of nitrogens with zero attached hydrogens (tertiary/aromatic N) is 4. The molecule has 0 amide bonds. The highest BCUT2D eigenvalue weighted by molar-refractivity contribution is 7.12. The molecule has 102 valence electrons. The van der Waals surface area contributed by atoms with Gasteiger partial charge in [0.1, 0.15) is 12.7 Å². The van der Waals surface area contributed by atoms with Crippen LogP contribution in [0, 0.1) is 0 Å². The van der Waals surface area contributed by atoms with Crippen LogP contribution in [0.25, 0.3) is 16.4 Å². The van der Waals surface area contributed by atoms with Crippen LogP contribution in [0.3, 0.4) is 0 Å². The lowest BCUT2D eigenvalue weighted by molar-refractivity contribution is -0.137. The zero-order valence-electron chi connectivity index (χ0n) is 9.87. The van der Waals surface area contributed by atoms with E-state index in [2.05, 4.69) is 15.1 Å². The molecule has 0 radical (unpaired) electrons. The average molecular weight is 296 g/mol. The van der Waals surface area contributed by atoms with Crippen molar-refractivity contribution in [3.05, 3.63) is 47.9 Å². The molecule has 0 saturated carbocycles. The van der Waals surface area contributed by atoms with Crippen molar-refractivity contribution in [1.82, 2.24) is 19.7 Å². The van der Waals surface area contributed by atoms with Crippen molar-refractivity contribution in [3.63, 3.8) is 0 Å². The van der Waals surface area contributed by atoms with Gasteiger partial charge in [0.15, 0.2) is 0 Å². The van der Waals surface area contributed by atoms with Gasteiger partial charge < -0.3 is 0 Å². The second-order valence-corrected chi connectivity index (χ2v) is 4.74. The summed E-state index contributed by atoms with van der Waals surface area (Å²) < 4.78 is 40.3. The van der Waals surface area contributed by atoms with E-state index in [0.29, 0.717) is 5.13 Å². The predicted octanol–water partition coefficient (Wildman–Crippen LogP) is 3.41. The largest absolute Gasteiger partial charge is 0.417 e. The standard InChI is InChI=1S/C12H7F3N4S/c13-12(14,15)9-4-2-1-3-8(9)10-5-20-11(18-10)19-7-16-6-17-19/h1-7H. The van der Waals surface area contributed by atoms with E-state index in [1.54, 1.807) is 11.4 Å². The maximum atomic E-state index is 13.0. The van der Waals surface area contributed by atoms with E-state index in [1.165, 1.54) is 40.8 Å². The Morgan fingerprint density at radius 3 is 2.65 bits per heavy atom. The van der Waals surface area contributed by atoms with Crippen LogP contribution in [0.4, 0.5) is 13.2 Å². The van der Waals surface area contributed by atoms with E-state index in [-0.39, 0.29) is 11.3 Å². The zero-order chi connectivity index (χ0) is 14.2. The first-order chi connectivity index (χ1) is 9.55. The van der Waals surface area contributed by atoms with Gasteiger partial charge in [-0.2, -0.15) is 23.0 Å². The molecule has 0 aliphatic heterocycles. The van der Waals surface area contributed by atoms with E-state index in [0.717, 1.165) is 6.07 Å². The molecule has 0 N–H and O–H groups in total. The first kappa shape index (κ1) is 12.8. The van der Waals surface area contributed by atoms with Gasteiger partial charge in [-0.1, -0.05) is 18.2 Å². The monoisotopic (exact) mass is 296 g/mol. The molecule has 3 rings (SSSR count). The van der Waals surface area contributed by atoms with Crippen LogP contribution in [-0.4, -0.2) is 19.7 Å². The number of thiazole rings is 1. The number of benzene rings is 1. The minimum atomic E-state index is -4.41. The van der Waals surface area contributed by atoms with Crippen molar-refractivity contribution in [1.29, 1.82) is 0 Å². The molecule has 8 heteroatoms. The number of hydrogen-bond donors (Lipinski definition) is 0. The number of halogens is 3. The topological polar surface area (TPSA) is 43.6 Å². The number of hydrogen-bond acceptors (Lipinski definition) is 4. The molecule has 2 heterocycles. The predicted molar refractivity (Wildman–Crippen MR) is 67.5 cm³/mol. The summed E-state index contributed by atoms with van der Waals surface area (Å²) in [6, 6.07) is 5.36. The Balaban J connectivity index is 2.07. The van der Waals surface area contributed by atoms with Gasteiger partial charge in [0.2, 0.25) is 5.13 Å². The lowest BCUT2D eigenvalue weighted by Crippen LogP contribution is -2.07. The first-order valence-corrected chi connectivity index (χ1v) is 6.41. The number of aromatic nitrogens is 4. The molecule has 1 aromatic carbocycles. The van der Waals surface area contributed by atoms with Gasteiger partial charge in [-0.15, -0.1) is 11.3 Å². The summed E-state index contributed by atoms with van der Waals surface area (Å²) in [6.07, 6.45) is -1.63. The molecule has 0 fully saturated rings. The highest BCUT2D eigenvalue weighted by Gasteiger charge is 2.33. The summed E-state index contributed by atoms with van der Waals surface area (Å²) in [5.41, 5.74) is -0.369. The van der Waals surface area contributed by atoms with Crippen LogP contribution in [0.1, 0.15) is 5.56 Å². The van der Waals surface area contributed by atoms with Crippen molar-refractivity contribution in [2.45, 2.75) is 6.18 Å². The number of alkyl halides is 3. The smallest absolute Gasteiger partial charge is 0.223 e. The van der Waals surface area contributed by atoms with Gasteiger partial charge in [0.25, 0.3) is 0 Å². The Morgan fingerprint density at radius 1 is 1.15 bits per heavy atom. The number of rotatable bonds is 2. The Morgan fingerprint density at radius 2 is 1.95 bits per heavy atom. The molecule has 0 spiro atoms. The van der Waals surface area contributed by atoms with Gasteiger partial charge >= 0.3 is 6.18 Å². The molecule has 0 saturated heterocycles. The fourth-order valence-corrected chi connectivity index (χ4v) is 2.50. The van der Waals surface area contributed by atoms with Crippen LogP contribution in [0.5, 0.6) is 0 Å². The minimum Gasteiger partial charge on any atom is -0.223 e. The Kier molecular flexibility index (Phi) is 3.01. The maximum absolute atomic E-state index is 13.0. The van der Waals surface area contributed by atoms with Crippen LogP contribution in [-0.2, 0) is 6.18 Å². The Labute approximate surface area is 115 Å². The summed E-state index contributed by atoms with van der Waals surface area (Å²) >= 11 is 1.20. The van der Waals surface area contributed by atoms with Crippen molar-refractivity contribution in [3.8, 4) is 16.4 Å². The quantitative estimate of drug-likeness (QED) is 0.728. The third kappa shape index (κ3) is 2.29. The molecular weight excluding hydrogens is 289 g/mol.